The van der Waals surface area contributed by atoms with Crippen molar-refractivity contribution >= 4 is 10.9 Å². The summed E-state index contributed by atoms with van der Waals surface area (Å²) in [6, 6.07) is 12.4. The van der Waals surface area contributed by atoms with Crippen LogP contribution in [0.3, 0.4) is 0 Å². The zero-order chi connectivity index (χ0) is 29.7. The van der Waals surface area contributed by atoms with Gasteiger partial charge in [0, 0.05) is 31.5 Å². The summed E-state index contributed by atoms with van der Waals surface area (Å²) >= 11 is 0. The van der Waals surface area contributed by atoms with Crippen molar-refractivity contribution in [3.8, 4) is 11.9 Å². The van der Waals surface area contributed by atoms with E-state index in [1.54, 1.807) is 53.8 Å². The number of rotatable bonds is 6. The third-order valence-electron chi connectivity index (χ3n) is 7.64. The van der Waals surface area contributed by atoms with E-state index in [-0.39, 0.29) is 29.0 Å². The van der Waals surface area contributed by atoms with E-state index in [1.165, 1.54) is 25.3 Å². The first-order valence-corrected chi connectivity index (χ1v) is 12.7. The SMILES string of the molecule is COc1nc2ccc(C(O)(c3cnc(C)n3C)c3cnc(C)n3C)cc2c(C#N)c1Cc1ccccc1C(F)(F)F. The van der Waals surface area contributed by atoms with Crippen molar-refractivity contribution in [2.24, 2.45) is 14.1 Å². The quantitative estimate of drug-likeness (QED) is 0.310. The Kier molecular flexibility index (Phi) is 6.83. The van der Waals surface area contributed by atoms with E-state index < -0.39 is 17.3 Å². The molecule has 8 nitrogen and oxygen atoms in total. The highest BCUT2D eigenvalue weighted by Crippen LogP contribution is 2.40. The first kappa shape index (κ1) is 27.9. The number of halogens is 3. The van der Waals surface area contributed by atoms with Gasteiger partial charge in [0.1, 0.15) is 17.7 Å². The Balaban J connectivity index is 1.78. The molecule has 0 fully saturated rings. The summed E-state index contributed by atoms with van der Waals surface area (Å²) in [6.07, 6.45) is -1.65. The Labute approximate surface area is 234 Å². The van der Waals surface area contributed by atoms with E-state index in [9.17, 15) is 23.5 Å². The summed E-state index contributed by atoms with van der Waals surface area (Å²) in [5.74, 6) is 1.40. The molecule has 3 aromatic heterocycles. The molecular formula is C30H27F3N6O2. The number of pyridine rings is 1. The summed E-state index contributed by atoms with van der Waals surface area (Å²) in [4.78, 5) is 13.3. The van der Waals surface area contributed by atoms with Crippen molar-refractivity contribution < 1.29 is 23.0 Å². The van der Waals surface area contributed by atoms with Gasteiger partial charge in [0.05, 0.1) is 47.5 Å². The van der Waals surface area contributed by atoms with Crippen molar-refractivity contribution in [1.29, 1.82) is 5.26 Å². The average Bonchev–Trinajstić information content (AvgIpc) is 3.47. The molecule has 0 aliphatic carbocycles. The molecule has 0 aliphatic heterocycles. The van der Waals surface area contributed by atoms with Crippen LogP contribution in [0, 0.1) is 25.2 Å². The van der Waals surface area contributed by atoms with Gasteiger partial charge >= 0.3 is 6.18 Å². The minimum Gasteiger partial charge on any atom is -0.481 e. The van der Waals surface area contributed by atoms with E-state index in [2.05, 4.69) is 21.0 Å². The van der Waals surface area contributed by atoms with Gasteiger partial charge in [-0.1, -0.05) is 24.3 Å². The molecule has 41 heavy (non-hydrogen) atoms. The number of nitriles is 1. The maximum Gasteiger partial charge on any atom is 0.416 e. The molecule has 3 heterocycles. The van der Waals surface area contributed by atoms with Crippen LogP contribution < -0.4 is 4.74 Å². The van der Waals surface area contributed by atoms with Crippen molar-refractivity contribution in [3.63, 3.8) is 0 Å². The molecule has 0 saturated heterocycles. The maximum absolute atomic E-state index is 13.8. The number of aliphatic hydroxyl groups is 1. The summed E-state index contributed by atoms with van der Waals surface area (Å²) in [5, 5.41) is 23.2. The lowest BCUT2D eigenvalue weighted by molar-refractivity contribution is -0.138. The van der Waals surface area contributed by atoms with Crippen LogP contribution in [-0.2, 0) is 32.3 Å². The van der Waals surface area contributed by atoms with Gasteiger partial charge < -0.3 is 19.0 Å². The molecule has 0 amide bonds. The van der Waals surface area contributed by atoms with Crippen molar-refractivity contribution in [2.45, 2.75) is 32.0 Å². The molecule has 0 spiro atoms. The van der Waals surface area contributed by atoms with Gasteiger partial charge in [-0.15, -0.1) is 0 Å². The summed E-state index contributed by atoms with van der Waals surface area (Å²) in [7, 11) is 4.93. The van der Waals surface area contributed by atoms with Crippen LogP contribution in [0.25, 0.3) is 10.9 Å². The van der Waals surface area contributed by atoms with Gasteiger partial charge in [-0.05, 0) is 43.2 Å². The summed E-state index contributed by atoms with van der Waals surface area (Å²) in [5.41, 5.74) is -0.500. The molecule has 0 radical (unpaired) electrons. The fraction of sp³-hybridized carbons (Fsp3) is 0.267. The van der Waals surface area contributed by atoms with E-state index in [4.69, 9.17) is 4.74 Å². The van der Waals surface area contributed by atoms with E-state index in [0.717, 1.165) is 6.07 Å². The highest BCUT2D eigenvalue weighted by Gasteiger charge is 2.40. The van der Waals surface area contributed by atoms with E-state index in [1.807, 2.05) is 13.8 Å². The Morgan fingerprint density at radius 3 is 2.10 bits per heavy atom. The lowest BCUT2D eigenvalue weighted by Crippen LogP contribution is -2.33. The second kappa shape index (κ2) is 10.1. The molecule has 0 saturated carbocycles. The first-order chi connectivity index (χ1) is 19.4. The zero-order valence-corrected chi connectivity index (χ0v) is 23.1. The van der Waals surface area contributed by atoms with Crippen LogP contribution in [-0.4, -0.2) is 36.3 Å². The average molecular weight is 561 g/mol. The molecule has 0 atom stereocenters. The standard InChI is InChI=1S/C30H27F3N6O2/c1-17-35-15-26(38(17)3)29(40,27-16-36-18(2)39(27)4)20-10-11-25-21(13-20)23(14-34)22(28(37-25)41-5)12-19-8-6-7-9-24(19)30(31,32)33/h6-11,13,15-16,40H,12H2,1-5H3. The Bertz CT molecular complexity index is 1780. The predicted molar refractivity (Wildman–Crippen MR) is 145 cm³/mol. The molecule has 5 aromatic rings. The zero-order valence-electron chi connectivity index (χ0n) is 23.1. The number of aryl methyl sites for hydroxylation is 2. The fourth-order valence-corrected chi connectivity index (χ4v) is 5.21. The highest BCUT2D eigenvalue weighted by atomic mass is 19.4. The molecule has 210 valence electrons. The van der Waals surface area contributed by atoms with Crippen LogP contribution in [0.5, 0.6) is 5.88 Å². The number of nitrogens with zero attached hydrogens (tertiary/aromatic N) is 6. The first-order valence-electron chi connectivity index (χ1n) is 12.7. The monoisotopic (exact) mass is 560 g/mol. The number of hydrogen-bond acceptors (Lipinski definition) is 6. The molecule has 0 bridgehead atoms. The third-order valence-corrected chi connectivity index (χ3v) is 7.64. The second-order valence-corrected chi connectivity index (χ2v) is 9.86. The second-order valence-electron chi connectivity index (χ2n) is 9.86. The number of imidazole rings is 2. The van der Waals surface area contributed by atoms with Crippen LogP contribution in [0.15, 0.2) is 54.9 Å². The predicted octanol–water partition coefficient (Wildman–Crippen LogP) is 5.09. The Morgan fingerprint density at radius 2 is 1.59 bits per heavy atom. The lowest BCUT2D eigenvalue weighted by Gasteiger charge is -2.30. The van der Waals surface area contributed by atoms with Gasteiger partial charge in [0.2, 0.25) is 5.88 Å². The number of alkyl halides is 3. The van der Waals surface area contributed by atoms with Crippen LogP contribution in [0.2, 0.25) is 0 Å². The molecule has 5 rings (SSSR count). The van der Waals surface area contributed by atoms with Crippen LogP contribution in [0.4, 0.5) is 13.2 Å². The maximum atomic E-state index is 13.8. The lowest BCUT2D eigenvalue weighted by atomic mass is 9.85. The van der Waals surface area contributed by atoms with Crippen LogP contribution >= 0.6 is 0 Å². The molecule has 0 unspecified atom stereocenters. The minimum absolute atomic E-state index is 0.0145. The van der Waals surface area contributed by atoms with Crippen LogP contribution in [0.1, 0.15) is 50.9 Å². The Morgan fingerprint density at radius 1 is 0.976 bits per heavy atom. The van der Waals surface area contributed by atoms with E-state index in [0.29, 0.717) is 39.5 Å². The molecule has 1 N–H and O–H groups in total. The molecule has 2 aromatic carbocycles. The largest absolute Gasteiger partial charge is 0.481 e. The van der Waals surface area contributed by atoms with Gasteiger partial charge in [0.15, 0.2) is 5.60 Å². The van der Waals surface area contributed by atoms with Gasteiger partial charge in [-0.3, -0.25) is 0 Å². The Hall–Kier alpha value is -4.69. The number of hydrogen-bond donors (Lipinski definition) is 1. The number of methoxy groups -OCH3 is 1. The number of benzene rings is 2. The number of aromatic nitrogens is 5. The highest BCUT2D eigenvalue weighted by molar-refractivity contribution is 5.88. The van der Waals surface area contributed by atoms with Gasteiger partial charge in [-0.25, -0.2) is 15.0 Å². The van der Waals surface area contributed by atoms with Crippen molar-refractivity contribution in [3.05, 3.63) is 106 Å². The van der Waals surface area contributed by atoms with Gasteiger partial charge in [-0.2, -0.15) is 18.4 Å². The van der Waals surface area contributed by atoms with Crippen molar-refractivity contribution in [1.82, 2.24) is 24.1 Å². The van der Waals surface area contributed by atoms with E-state index >= 15 is 0 Å². The number of fused-ring (bicyclic) bond motifs is 1. The normalized spacial score (nSPS) is 12.1. The number of ether oxygens (including phenoxy) is 1. The molecule has 11 heteroatoms. The molecule has 0 aliphatic rings. The fourth-order valence-electron chi connectivity index (χ4n) is 5.21. The smallest absolute Gasteiger partial charge is 0.416 e. The molecular weight excluding hydrogens is 533 g/mol. The summed E-state index contributed by atoms with van der Waals surface area (Å²) < 4.78 is 50.4. The topological polar surface area (TPSA) is 102 Å². The van der Waals surface area contributed by atoms with Gasteiger partial charge in [0.25, 0.3) is 0 Å². The minimum atomic E-state index is -4.58. The third kappa shape index (κ3) is 4.50. The summed E-state index contributed by atoms with van der Waals surface area (Å²) in [6.45, 7) is 3.63. The van der Waals surface area contributed by atoms with Crippen molar-refractivity contribution in [2.75, 3.05) is 7.11 Å².